The van der Waals surface area contributed by atoms with E-state index in [1.54, 1.807) is 12.1 Å². The van der Waals surface area contributed by atoms with Crippen molar-refractivity contribution in [2.75, 3.05) is 19.1 Å². The molecule has 0 radical (unpaired) electrons. The normalized spacial score (nSPS) is 12.3. The molecule has 2 aromatic rings. The summed E-state index contributed by atoms with van der Waals surface area (Å²) in [7, 11) is -3.75. The largest absolute Gasteiger partial charge is 0.494 e. The minimum absolute atomic E-state index is 0.00583. The molecule has 0 aliphatic heterocycles. The molecule has 0 aliphatic rings. The number of rotatable bonds is 10. The molecule has 0 aromatic heterocycles. The molecule has 2 rings (SSSR count). The molecule has 0 heterocycles. The second kappa shape index (κ2) is 10.7. The van der Waals surface area contributed by atoms with Crippen molar-refractivity contribution in [1.82, 2.24) is 0 Å². The van der Waals surface area contributed by atoms with Crippen molar-refractivity contribution in [2.24, 2.45) is 0 Å². The van der Waals surface area contributed by atoms with Gasteiger partial charge in [-0.15, -0.1) is 11.6 Å². The molecule has 0 spiro atoms. The van der Waals surface area contributed by atoms with Gasteiger partial charge in [0.05, 0.1) is 27.3 Å². The van der Waals surface area contributed by atoms with E-state index < -0.39 is 21.9 Å². The Hall–Kier alpha value is -1.96. The molecule has 0 saturated carbocycles. The number of sulfone groups is 1. The van der Waals surface area contributed by atoms with Crippen molar-refractivity contribution >= 4 is 39.0 Å². The van der Waals surface area contributed by atoms with Crippen LogP contribution in [0.15, 0.2) is 52.3 Å². The Morgan fingerprint density at radius 1 is 1.07 bits per heavy atom. The number of ether oxygens (including phenoxy) is 3. The first-order valence-corrected chi connectivity index (χ1v) is 11.3. The smallest absolute Gasteiger partial charge is 0.303 e. The number of hydrogen-bond acceptors (Lipinski definition) is 6. The van der Waals surface area contributed by atoms with Crippen LogP contribution in [0.4, 0.5) is 0 Å². The second-order valence-corrected chi connectivity index (χ2v) is 8.78. The van der Waals surface area contributed by atoms with Crippen LogP contribution in [-0.4, -0.2) is 39.6 Å². The summed E-state index contributed by atoms with van der Waals surface area (Å²) in [5.74, 6) is 0.449. The zero-order valence-corrected chi connectivity index (χ0v) is 18.4. The van der Waals surface area contributed by atoms with Crippen molar-refractivity contribution in [3.8, 4) is 11.5 Å². The van der Waals surface area contributed by atoms with Gasteiger partial charge < -0.3 is 14.2 Å². The number of carbonyl (C=O) groups is 1. The molecule has 9 heteroatoms. The van der Waals surface area contributed by atoms with Crippen molar-refractivity contribution in [3.05, 3.63) is 47.5 Å². The zero-order valence-electron chi connectivity index (χ0n) is 16.1. The number of esters is 1. The maximum absolute atomic E-state index is 12.8. The highest BCUT2D eigenvalue weighted by atomic mass is 35.5. The lowest BCUT2D eigenvalue weighted by molar-refractivity contribution is -0.146. The van der Waals surface area contributed by atoms with Gasteiger partial charge in [0, 0.05) is 6.92 Å². The molecule has 0 amide bonds. The minimum atomic E-state index is -3.75. The minimum Gasteiger partial charge on any atom is -0.494 e. The highest BCUT2D eigenvalue weighted by Crippen LogP contribution is 2.31. The van der Waals surface area contributed by atoms with Crippen LogP contribution in [0.25, 0.3) is 0 Å². The fraction of sp³-hybridized carbons (Fsp3) is 0.350. The van der Waals surface area contributed by atoms with Gasteiger partial charge in [0.1, 0.15) is 24.2 Å². The molecule has 0 unspecified atom stereocenters. The van der Waals surface area contributed by atoms with Gasteiger partial charge in [-0.3, -0.25) is 4.79 Å². The molecule has 0 bridgehead atoms. The number of alkyl halides is 1. The van der Waals surface area contributed by atoms with E-state index in [2.05, 4.69) is 0 Å². The zero-order chi connectivity index (χ0) is 21.4. The Morgan fingerprint density at radius 2 is 1.72 bits per heavy atom. The number of hydrogen-bond donors (Lipinski definition) is 0. The lowest BCUT2D eigenvalue weighted by Gasteiger charge is -2.16. The Kier molecular flexibility index (Phi) is 8.61. The van der Waals surface area contributed by atoms with E-state index >= 15 is 0 Å². The van der Waals surface area contributed by atoms with Gasteiger partial charge in [-0.2, -0.15) is 0 Å². The Bertz CT molecular complexity index is 928. The SMILES string of the molecule is CCCOc1ccc(S(=O)(=O)c2ccc(OC[C@@H](CCl)OC(C)=O)c(Cl)c2)cc1. The summed E-state index contributed by atoms with van der Waals surface area (Å²) in [6.07, 6.45) is 0.224. The lowest BCUT2D eigenvalue weighted by Crippen LogP contribution is -2.25. The van der Waals surface area contributed by atoms with Crippen LogP contribution in [0, 0.1) is 0 Å². The van der Waals surface area contributed by atoms with Crippen molar-refractivity contribution in [3.63, 3.8) is 0 Å². The van der Waals surface area contributed by atoms with Gasteiger partial charge in [0.15, 0.2) is 0 Å². The van der Waals surface area contributed by atoms with E-state index in [1.165, 1.54) is 37.3 Å². The lowest BCUT2D eigenvalue weighted by atomic mass is 10.3. The van der Waals surface area contributed by atoms with Crippen LogP contribution >= 0.6 is 23.2 Å². The average molecular weight is 461 g/mol. The third-order valence-electron chi connectivity index (χ3n) is 3.75. The summed E-state index contributed by atoms with van der Waals surface area (Å²) < 4.78 is 41.7. The fourth-order valence-corrected chi connectivity index (χ4v) is 4.10. The van der Waals surface area contributed by atoms with E-state index in [1.807, 2.05) is 6.92 Å². The molecule has 6 nitrogen and oxygen atoms in total. The van der Waals surface area contributed by atoms with E-state index in [0.29, 0.717) is 12.4 Å². The third kappa shape index (κ3) is 6.52. The first-order valence-electron chi connectivity index (χ1n) is 8.91. The summed E-state index contributed by atoms with van der Waals surface area (Å²) in [6.45, 7) is 3.82. The third-order valence-corrected chi connectivity index (χ3v) is 6.16. The van der Waals surface area contributed by atoms with E-state index in [9.17, 15) is 13.2 Å². The Morgan fingerprint density at radius 3 is 2.28 bits per heavy atom. The first kappa shape index (κ1) is 23.3. The van der Waals surface area contributed by atoms with E-state index in [4.69, 9.17) is 37.4 Å². The summed E-state index contributed by atoms with van der Waals surface area (Å²) in [4.78, 5) is 11.2. The maximum atomic E-state index is 12.8. The molecular formula is C20H22Cl2O6S. The van der Waals surface area contributed by atoms with Gasteiger partial charge in [0.2, 0.25) is 9.84 Å². The summed E-state index contributed by atoms with van der Waals surface area (Å²) in [6, 6.07) is 10.4. The fourth-order valence-electron chi connectivity index (χ4n) is 2.36. The second-order valence-electron chi connectivity index (χ2n) is 6.11. The molecule has 0 saturated heterocycles. The number of benzene rings is 2. The average Bonchev–Trinajstić information content (AvgIpc) is 2.70. The molecule has 0 fully saturated rings. The standard InChI is InChI=1S/C20H22Cl2O6S/c1-3-10-26-15-4-6-17(7-5-15)29(24,25)18-8-9-20(19(22)11-18)27-13-16(12-21)28-14(2)23/h4-9,11,16H,3,10,12-13H2,1-2H3/t16-/m1/s1. The predicted octanol–water partition coefficient (Wildman–Crippen LogP) is 4.51. The van der Waals surface area contributed by atoms with Crippen molar-refractivity contribution < 1.29 is 27.4 Å². The molecule has 2 aromatic carbocycles. The van der Waals surface area contributed by atoms with Crippen LogP contribution in [0.3, 0.4) is 0 Å². The molecule has 0 aliphatic carbocycles. The molecule has 29 heavy (non-hydrogen) atoms. The molecule has 158 valence electrons. The van der Waals surface area contributed by atoms with Gasteiger partial charge in [0.25, 0.3) is 0 Å². The molecular weight excluding hydrogens is 439 g/mol. The predicted molar refractivity (Wildman–Crippen MR) is 111 cm³/mol. The van der Waals surface area contributed by atoms with Crippen LogP contribution in [0.1, 0.15) is 20.3 Å². The molecule has 1 atom stereocenters. The molecule has 0 N–H and O–H groups in total. The van der Waals surface area contributed by atoms with Crippen molar-refractivity contribution in [2.45, 2.75) is 36.2 Å². The Labute approximate surface area is 180 Å². The number of carbonyl (C=O) groups excluding carboxylic acids is 1. The summed E-state index contributed by atoms with van der Waals surface area (Å²) in [5, 5.41) is 0.116. The number of halogens is 2. The first-order chi connectivity index (χ1) is 13.8. The van der Waals surface area contributed by atoms with E-state index in [-0.39, 0.29) is 33.0 Å². The van der Waals surface area contributed by atoms with Crippen LogP contribution < -0.4 is 9.47 Å². The monoisotopic (exact) mass is 460 g/mol. The van der Waals surface area contributed by atoms with Gasteiger partial charge in [-0.1, -0.05) is 18.5 Å². The summed E-state index contributed by atoms with van der Waals surface area (Å²) in [5.41, 5.74) is 0. The van der Waals surface area contributed by atoms with Crippen LogP contribution in [-0.2, 0) is 19.4 Å². The van der Waals surface area contributed by atoms with Gasteiger partial charge in [-0.05, 0) is 48.9 Å². The summed E-state index contributed by atoms with van der Waals surface area (Å²) >= 11 is 11.9. The van der Waals surface area contributed by atoms with Crippen molar-refractivity contribution in [1.29, 1.82) is 0 Å². The van der Waals surface area contributed by atoms with Crippen LogP contribution in [0.5, 0.6) is 11.5 Å². The highest BCUT2D eigenvalue weighted by Gasteiger charge is 2.20. The van der Waals surface area contributed by atoms with Gasteiger partial charge in [-0.25, -0.2) is 8.42 Å². The highest BCUT2D eigenvalue weighted by molar-refractivity contribution is 7.91. The maximum Gasteiger partial charge on any atom is 0.303 e. The Balaban J connectivity index is 2.14. The van der Waals surface area contributed by atoms with E-state index in [0.717, 1.165) is 6.42 Å². The van der Waals surface area contributed by atoms with Gasteiger partial charge >= 0.3 is 5.97 Å². The topological polar surface area (TPSA) is 78.9 Å². The van der Waals surface area contributed by atoms with Crippen LogP contribution in [0.2, 0.25) is 5.02 Å². The quantitative estimate of drug-likeness (QED) is 0.383.